The maximum absolute atomic E-state index is 12.8. The average Bonchev–Trinajstić information content (AvgIpc) is 3.33. The second kappa shape index (κ2) is 11.1. The van der Waals surface area contributed by atoms with Gasteiger partial charge < -0.3 is 24.7 Å². The summed E-state index contributed by atoms with van der Waals surface area (Å²) in [5.74, 6) is 1.40. The van der Waals surface area contributed by atoms with Crippen molar-refractivity contribution in [2.75, 3.05) is 30.8 Å². The number of benzene rings is 4. The number of carbonyl (C=O) groups excluding carboxylic acids is 2. The van der Waals surface area contributed by atoms with E-state index < -0.39 is 0 Å². The van der Waals surface area contributed by atoms with Gasteiger partial charge in [0.25, 0.3) is 5.91 Å². The van der Waals surface area contributed by atoms with Gasteiger partial charge in [-0.1, -0.05) is 48.5 Å². The van der Waals surface area contributed by atoms with Gasteiger partial charge in [-0.25, -0.2) is 0 Å². The molecule has 1 aromatic heterocycles. The lowest BCUT2D eigenvalue weighted by molar-refractivity contribution is -0.113. The lowest BCUT2D eigenvalue weighted by Crippen LogP contribution is -2.27. The predicted octanol–water partition coefficient (Wildman–Crippen LogP) is 5.73. The molecular weight excluding hydrogens is 510 g/mol. The maximum atomic E-state index is 12.8. The monoisotopic (exact) mass is 537 g/mol. The van der Waals surface area contributed by atoms with Crippen molar-refractivity contribution in [2.45, 2.75) is 11.4 Å². The Hall–Kier alpha value is -4.43. The highest BCUT2D eigenvalue weighted by Crippen LogP contribution is 2.33. The van der Waals surface area contributed by atoms with Crippen molar-refractivity contribution < 1.29 is 19.1 Å². The van der Waals surface area contributed by atoms with Crippen LogP contribution in [0.1, 0.15) is 10.4 Å². The normalized spacial score (nSPS) is 12.4. The topological polar surface area (TPSA) is 81.6 Å². The Kier molecular flexibility index (Phi) is 7.10. The smallest absolute Gasteiger partial charge is 0.251 e. The third-order valence-corrected chi connectivity index (χ3v) is 7.63. The molecular formula is C31H27N3O4S. The van der Waals surface area contributed by atoms with Crippen LogP contribution in [-0.4, -0.2) is 41.9 Å². The van der Waals surface area contributed by atoms with Crippen LogP contribution in [0.15, 0.2) is 96.0 Å². The average molecular weight is 538 g/mol. The number of amides is 2. The van der Waals surface area contributed by atoms with Crippen molar-refractivity contribution >= 4 is 50.9 Å². The fourth-order valence-electron chi connectivity index (χ4n) is 4.70. The number of hydrogen-bond donors (Lipinski definition) is 2. The minimum atomic E-state index is -0.101. The van der Waals surface area contributed by atoms with Crippen LogP contribution in [0.3, 0.4) is 0 Å². The molecule has 0 aliphatic carbocycles. The number of rotatable bonds is 8. The minimum Gasteiger partial charge on any atom is -0.486 e. The van der Waals surface area contributed by atoms with Gasteiger partial charge in [-0.2, -0.15) is 0 Å². The SMILES string of the molecule is O=C(CSc1cn(CCNC(=O)c2ccc3ccccc3c2)c2ccccc12)Nc1ccc2c(c1)OCCO2. The number of nitrogens with zero attached hydrogens (tertiary/aromatic N) is 1. The van der Waals surface area contributed by atoms with E-state index in [1.54, 1.807) is 6.07 Å². The molecule has 0 saturated heterocycles. The Labute approximate surface area is 230 Å². The standard InChI is InChI=1S/C31H27N3O4S/c35-30(33-24-11-12-27-28(18-24)38-16-15-37-27)20-39-29-19-34(26-8-4-3-7-25(26)29)14-13-32-31(36)23-10-9-21-5-1-2-6-22(21)17-23/h1-12,17-19H,13-16,20H2,(H,32,36)(H,33,35). The van der Waals surface area contributed by atoms with Gasteiger partial charge in [0.05, 0.1) is 5.75 Å². The number of carbonyl (C=O) groups is 2. The van der Waals surface area contributed by atoms with E-state index in [2.05, 4.69) is 33.5 Å². The van der Waals surface area contributed by atoms with Crippen LogP contribution < -0.4 is 20.1 Å². The zero-order valence-electron chi connectivity index (χ0n) is 21.2. The third kappa shape index (κ3) is 5.56. The van der Waals surface area contributed by atoms with E-state index in [1.807, 2.05) is 66.7 Å². The first-order valence-electron chi connectivity index (χ1n) is 12.8. The molecule has 4 aromatic carbocycles. The first-order valence-corrected chi connectivity index (χ1v) is 13.8. The molecule has 8 heteroatoms. The van der Waals surface area contributed by atoms with Crippen LogP contribution in [0, 0.1) is 0 Å². The van der Waals surface area contributed by atoms with Crippen LogP contribution in [0.4, 0.5) is 5.69 Å². The second-order valence-electron chi connectivity index (χ2n) is 9.22. The van der Waals surface area contributed by atoms with Crippen molar-refractivity contribution in [1.29, 1.82) is 0 Å². The van der Waals surface area contributed by atoms with Gasteiger partial charge in [0, 0.05) is 52.4 Å². The Morgan fingerprint density at radius 2 is 1.64 bits per heavy atom. The molecule has 39 heavy (non-hydrogen) atoms. The summed E-state index contributed by atoms with van der Waals surface area (Å²) >= 11 is 1.49. The summed E-state index contributed by atoms with van der Waals surface area (Å²) in [5.41, 5.74) is 2.38. The van der Waals surface area contributed by atoms with E-state index in [9.17, 15) is 9.59 Å². The lowest BCUT2D eigenvalue weighted by Gasteiger charge is -2.19. The quantitative estimate of drug-likeness (QED) is 0.247. The highest BCUT2D eigenvalue weighted by atomic mass is 32.2. The molecule has 2 heterocycles. The van der Waals surface area contributed by atoms with Crippen molar-refractivity contribution in [3.8, 4) is 11.5 Å². The molecule has 2 amide bonds. The van der Waals surface area contributed by atoms with Gasteiger partial charge in [-0.05, 0) is 41.1 Å². The maximum Gasteiger partial charge on any atom is 0.251 e. The molecule has 7 nitrogen and oxygen atoms in total. The predicted molar refractivity (Wildman–Crippen MR) is 155 cm³/mol. The largest absolute Gasteiger partial charge is 0.486 e. The van der Waals surface area contributed by atoms with Gasteiger partial charge in [-0.3, -0.25) is 9.59 Å². The number of nitrogens with one attached hydrogen (secondary N) is 2. The molecule has 1 aliphatic rings. The molecule has 6 rings (SSSR count). The number of anilines is 1. The third-order valence-electron chi connectivity index (χ3n) is 6.59. The Bertz CT molecular complexity index is 1680. The highest BCUT2D eigenvalue weighted by Gasteiger charge is 2.15. The summed E-state index contributed by atoms with van der Waals surface area (Å²) in [4.78, 5) is 26.5. The number of thioether (sulfide) groups is 1. The van der Waals surface area contributed by atoms with E-state index in [0.29, 0.717) is 49.1 Å². The number of para-hydroxylation sites is 1. The lowest BCUT2D eigenvalue weighted by atomic mass is 10.1. The van der Waals surface area contributed by atoms with Crippen LogP contribution in [0.2, 0.25) is 0 Å². The highest BCUT2D eigenvalue weighted by molar-refractivity contribution is 8.00. The molecule has 0 bridgehead atoms. The molecule has 0 spiro atoms. The summed E-state index contributed by atoms with van der Waals surface area (Å²) in [6.45, 7) is 2.13. The van der Waals surface area contributed by atoms with E-state index in [-0.39, 0.29) is 17.6 Å². The fourth-order valence-corrected chi connectivity index (χ4v) is 5.59. The molecule has 5 aromatic rings. The molecule has 0 atom stereocenters. The summed E-state index contributed by atoms with van der Waals surface area (Å²) in [6, 6.07) is 27.3. The molecule has 1 aliphatic heterocycles. The Balaban J connectivity index is 1.08. The van der Waals surface area contributed by atoms with Gasteiger partial charge in [0.1, 0.15) is 13.2 Å². The zero-order valence-corrected chi connectivity index (χ0v) is 22.0. The first-order chi connectivity index (χ1) is 19.1. The fraction of sp³-hybridized carbons (Fsp3) is 0.161. The van der Waals surface area contributed by atoms with E-state index >= 15 is 0 Å². The minimum absolute atomic E-state index is 0.0948. The summed E-state index contributed by atoms with van der Waals surface area (Å²) in [7, 11) is 0. The van der Waals surface area contributed by atoms with Crippen molar-refractivity contribution in [2.24, 2.45) is 0 Å². The van der Waals surface area contributed by atoms with E-state index in [4.69, 9.17) is 9.47 Å². The van der Waals surface area contributed by atoms with Crippen molar-refractivity contribution in [1.82, 2.24) is 9.88 Å². The second-order valence-corrected chi connectivity index (χ2v) is 10.2. The van der Waals surface area contributed by atoms with Gasteiger partial charge >= 0.3 is 0 Å². The number of ether oxygens (including phenoxy) is 2. The van der Waals surface area contributed by atoms with Gasteiger partial charge in [-0.15, -0.1) is 11.8 Å². The van der Waals surface area contributed by atoms with Crippen LogP contribution in [0.5, 0.6) is 11.5 Å². The summed E-state index contributed by atoms with van der Waals surface area (Å²) in [6.07, 6.45) is 2.05. The summed E-state index contributed by atoms with van der Waals surface area (Å²) < 4.78 is 13.3. The first kappa shape index (κ1) is 24.9. The van der Waals surface area contributed by atoms with Crippen molar-refractivity contribution in [3.63, 3.8) is 0 Å². The van der Waals surface area contributed by atoms with Gasteiger partial charge in [0.15, 0.2) is 11.5 Å². The van der Waals surface area contributed by atoms with Gasteiger partial charge in [0.2, 0.25) is 5.91 Å². The zero-order chi connectivity index (χ0) is 26.6. The number of fused-ring (bicyclic) bond motifs is 3. The Morgan fingerprint density at radius 3 is 2.54 bits per heavy atom. The Morgan fingerprint density at radius 1 is 0.846 bits per heavy atom. The molecule has 0 radical (unpaired) electrons. The molecule has 0 unspecified atom stereocenters. The molecule has 0 saturated carbocycles. The van der Waals surface area contributed by atoms with E-state index in [0.717, 1.165) is 26.6 Å². The molecule has 2 N–H and O–H groups in total. The number of hydrogen-bond acceptors (Lipinski definition) is 5. The van der Waals surface area contributed by atoms with E-state index in [1.165, 1.54) is 11.8 Å². The van der Waals surface area contributed by atoms with Crippen molar-refractivity contribution in [3.05, 3.63) is 96.7 Å². The molecule has 196 valence electrons. The van der Waals surface area contributed by atoms with Crippen LogP contribution in [-0.2, 0) is 11.3 Å². The van der Waals surface area contributed by atoms with Crippen LogP contribution in [0.25, 0.3) is 21.7 Å². The number of aromatic nitrogens is 1. The summed E-state index contributed by atoms with van der Waals surface area (Å²) in [5, 5.41) is 9.21. The van der Waals surface area contributed by atoms with Crippen LogP contribution >= 0.6 is 11.8 Å². The molecule has 0 fully saturated rings.